The molecule has 2 saturated carbocycles. The summed E-state index contributed by atoms with van der Waals surface area (Å²) in [5.41, 5.74) is 0.595. The fourth-order valence-electron chi connectivity index (χ4n) is 2.75. The van der Waals surface area contributed by atoms with Gasteiger partial charge in [0.15, 0.2) is 5.16 Å². The lowest BCUT2D eigenvalue weighted by Gasteiger charge is -2.13. The van der Waals surface area contributed by atoms with Gasteiger partial charge >= 0.3 is 0 Å². The lowest BCUT2D eigenvalue weighted by atomic mass is 10.3. The molecule has 2 aliphatic carbocycles. The molecule has 0 bridgehead atoms. The van der Waals surface area contributed by atoms with Gasteiger partial charge in [-0.15, -0.1) is 10.2 Å². The summed E-state index contributed by atoms with van der Waals surface area (Å²) in [5.74, 6) is 1.54. The third kappa shape index (κ3) is 3.96. The maximum atomic E-state index is 12.5. The van der Waals surface area contributed by atoms with E-state index in [0.717, 1.165) is 11.0 Å². The summed E-state index contributed by atoms with van der Waals surface area (Å²) < 4.78 is 2.25. The number of halogens is 2. The quantitative estimate of drug-likeness (QED) is 0.704. The number of benzene rings is 1. The van der Waals surface area contributed by atoms with Crippen molar-refractivity contribution in [2.75, 3.05) is 5.32 Å². The highest BCUT2D eigenvalue weighted by molar-refractivity contribution is 8.00. The highest BCUT2D eigenvalue weighted by Crippen LogP contribution is 2.46. The van der Waals surface area contributed by atoms with Gasteiger partial charge in [-0.1, -0.05) is 35.0 Å². The summed E-state index contributed by atoms with van der Waals surface area (Å²) in [6.45, 7) is 1.87. The van der Waals surface area contributed by atoms with E-state index in [9.17, 15) is 4.79 Å². The highest BCUT2D eigenvalue weighted by Gasteiger charge is 2.37. The van der Waals surface area contributed by atoms with E-state index in [1.54, 1.807) is 18.2 Å². The summed E-state index contributed by atoms with van der Waals surface area (Å²) in [5, 5.41) is 13.1. The zero-order chi connectivity index (χ0) is 17.6. The fourth-order valence-corrected chi connectivity index (χ4v) is 4.20. The molecular formula is C17H18Cl2N4OS. The van der Waals surface area contributed by atoms with Crippen molar-refractivity contribution >= 4 is 46.6 Å². The van der Waals surface area contributed by atoms with Gasteiger partial charge in [-0.3, -0.25) is 4.79 Å². The lowest BCUT2D eigenvalue weighted by Crippen LogP contribution is -2.23. The second-order valence-corrected chi connectivity index (χ2v) is 8.80. The van der Waals surface area contributed by atoms with Crippen molar-refractivity contribution in [1.82, 2.24) is 14.8 Å². The first kappa shape index (κ1) is 17.2. The van der Waals surface area contributed by atoms with Crippen molar-refractivity contribution < 1.29 is 4.79 Å². The second kappa shape index (κ2) is 6.82. The van der Waals surface area contributed by atoms with Crippen LogP contribution in [0.1, 0.15) is 50.4 Å². The molecule has 0 saturated heterocycles. The van der Waals surface area contributed by atoms with Gasteiger partial charge in [-0.25, -0.2) is 0 Å². The first-order chi connectivity index (χ1) is 12.0. The van der Waals surface area contributed by atoms with Crippen LogP contribution in [0.3, 0.4) is 0 Å². The molecule has 0 spiro atoms. The van der Waals surface area contributed by atoms with Crippen LogP contribution in [0.5, 0.6) is 0 Å². The van der Waals surface area contributed by atoms with Crippen LogP contribution in [0.25, 0.3) is 0 Å². The molecule has 0 radical (unpaired) electrons. The minimum atomic E-state index is -0.300. The summed E-state index contributed by atoms with van der Waals surface area (Å²) in [4.78, 5) is 12.5. The third-order valence-electron chi connectivity index (χ3n) is 4.33. The van der Waals surface area contributed by atoms with Gasteiger partial charge in [0, 0.05) is 27.7 Å². The SMILES string of the molecule is C[C@@H](Sc1nnc(C2CC2)n1C1CC1)C(=O)Nc1cc(Cl)cc(Cl)c1. The monoisotopic (exact) mass is 396 g/mol. The molecule has 2 aliphatic rings. The molecule has 2 aromatic rings. The van der Waals surface area contributed by atoms with Crippen molar-refractivity contribution in [2.24, 2.45) is 0 Å². The van der Waals surface area contributed by atoms with Crippen molar-refractivity contribution in [3.8, 4) is 0 Å². The number of nitrogens with one attached hydrogen (secondary N) is 1. The van der Waals surface area contributed by atoms with Crippen LogP contribution in [0.2, 0.25) is 10.0 Å². The summed E-state index contributed by atoms with van der Waals surface area (Å²) in [7, 11) is 0. The van der Waals surface area contributed by atoms with Crippen LogP contribution in [-0.2, 0) is 4.79 Å². The van der Waals surface area contributed by atoms with Gasteiger partial charge in [0.1, 0.15) is 5.82 Å². The number of carbonyl (C=O) groups is 1. The molecule has 5 nitrogen and oxygen atoms in total. The molecule has 1 aromatic heterocycles. The largest absolute Gasteiger partial charge is 0.325 e. The molecule has 1 N–H and O–H groups in total. The fraction of sp³-hybridized carbons (Fsp3) is 0.471. The van der Waals surface area contributed by atoms with Gasteiger partial charge in [0.25, 0.3) is 0 Å². The molecule has 25 heavy (non-hydrogen) atoms. The Morgan fingerprint density at radius 3 is 2.48 bits per heavy atom. The van der Waals surface area contributed by atoms with Crippen molar-refractivity contribution in [1.29, 1.82) is 0 Å². The second-order valence-electron chi connectivity index (χ2n) is 6.62. The summed E-state index contributed by atoms with van der Waals surface area (Å²) in [6, 6.07) is 5.51. The van der Waals surface area contributed by atoms with E-state index in [2.05, 4.69) is 20.1 Å². The number of hydrogen-bond donors (Lipinski definition) is 1. The minimum Gasteiger partial charge on any atom is -0.325 e. The van der Waals surface area contributed by atoms with E-state index in [1.165, 1.54) is 37.4 Å². The van der Waals surface area contributed by atoms with Crippen LogP contribution < -0.4 is 5.32 Å². The zero-order valence-electron chi connectivity index (χ0n) is 13.7. The van der Waals surface area contributed by atoms with Crippen molar-refractivity contribution in [2.45, 2.75) is 55.0 Å². The Hall–Kier alpha value is -1.24. The smallest absolute Gasteiger partial charge is 0.237 e. The van der Waals surface area contributed by atoms with E-state index >= 15 is 0 Å². The van der Waals surface area contributed by atoms with Crippen LogP contribution in [-0.4, -0.2) is 25.9 Å². The predicted molar refractivity (Wildman–Crippen MR) is 101 cm³/mol. The molecule has 1 heterocycles. The molecule has 0 aliphatic heterocycles. The van der Waals surface area contributed by atoms with E-state index in [-0.39, 0.29) is 11.2 Å². The topological polar surface area (TPSA) is 59.8 Å². The number of nitrogens with zero attached hydrogens (tertiary/aromatic N) is 3. The number of anilines is 1. The van der Waals surface area contributed by atoms with Gasteiger partial charge in [0.2, 0.25) is 5.91 Å². The summed E-state index contributed by atoms with van der Waals surface area (Å²) >= 11 is 13.4. The Morgan fingerprint density at radius 1 is 1.20 bits per heavy atom. The molecule has 1 atom stereocenters. The highest BCUT2D eigenvalue weighted by atomic mass is 35.5. The molecule has 1 amide bonds. The minimum absolute atomic E-state index is 0.110. The van der Waals surface area contributed by atoms with Crippen LogP contribution >= 0.6 is 35.0 Å². The van der Waals surface area contributed by atoms with Crippen LogP contribution in [0, 0.1) is 0 Å². The average Bonchev–Trinajstić information content (AvgIpc) is 3.45. The van der Waals surface area contributed by atoms with Crippen molar-refractivity contribution in [3.63, 3.8) is 0 Å². The molecule has 4 rings (SSSR count). The molecule has 0 unspecified atom stereocenters. The zero-order valence-corrected chi connectivity index (χ0v) is 16.0. The first-order valence-electron chi connectivity index (χ1n) is 8.39. The Bertz CT molecular complexity index is 797. The number of amides is 1. The van der Waals surface area contributed by atoms with Gasteiger partial charge in [-0.05, 0) is 50.8 Å². The molecule has 1 aromatic carbocycles. The van der Waals surface area contributed by atoms with E-state index < -0.39 is 0 Å². The Kier molecular flexibility index (Phi) is 4.69. The maximum Gasteiger partial charge on any atom is 0.237 e. The Balaban J connectivity index is 1.46. The maximum absolute atomic E-state index is 12.5. The number of rotatable bonds is 6. The molecule has 132 valence electrons. The number of carbonyl (C=O) groups excluding carboxylic acids is 1. The number of hydrogen-bond acceptors (Lipinski definition) is 4. The van der Waals surface area contributed by atoms with Crippen molar-refractivity contribution in [3.05, 3.63) is 34.1 Å². The Labute approximate surface area is 160 Å². The van der Waals surface area contributed by atoms with Gasteiger partial charge in [0.05, 0.1) is 5.25 Å². The first-order valence-corrected chi connectivity index (χ1v) is 10.0. The van der Waals surface area contributed by atoms with E-state index in [0.29, 0.717) is 27.7 Å². The standard InChI is InChI=1S/C17H18Cl2N4OS/c1-9(16(24)20-13-7-11(18)6-12(19)8-13)25-17-22-21-15(10-2-3-10)23(17)14-4-5-14/h6-10,14H,2-5H2,1H3,(H,20,24)/t9-/m1/s1. The van der Waals surface area contributed by atoms with Crippen LogP contribution in [0.4, 0.5) is 5.69 Å². The number of aromatic nitrogens is 3. The molecule has 8 heteroatoms. The molecule has 2 fully saturated rings. The molecular weight excluding hydrogens is 379 g/mol. The predicted octanol–water partition coefficient (Wildman–Crippen LogP) is 4.92. The van der Waals surface area contributed by atoms with Gasteiger partial charge < -0.3 is 9.88 Å². The van der Waals surface area contributed by atoms with E-state index in [4.69, 9.17) is 23.2 Å². The Morgan fingerprint density at radius 2 is 1.88 bits per heavy atom. The third-order valence-corrected chi connectivity index (χ3v) is 5.82. The number of thioether (sulfide) groups is 1. The lowest BCUT2D eigenvalue weighted by molar-refractivity contribution is -0.115. The summed E-state index contributed by atoms with van der Waals surface area (Å²) in [6.07, 6.45) is 4.74. The van der Waals surface area contributed by atoms with E-state index in [1.807, 2.05) is 6.92 Å². The van der Waals surface area contributed by atoms with Gasteiger partial charge in [-0.2, -0.15) is 0 Å². The average molecular weight is 397 g/mol. The van der Waals surface area contributed by atoms with Crippen LogP contribution in [0.15, 0.2) is 23.4 Å². The normalized spacial score (nSPS) is 18.2.